The van der Waals surface area contributed by atoms with Gasteiger partial charge in [0, 0.05) is 17.6 Å². The van der Waals surface area contributed by atoms with Gasteiger partial charge < -0.3 is 0 Å². The van der Waals surface area contributed by atoms with E-state index in [-0.39, 0.29) is 16.7 Å². The molecular formula is C21H30O2S. The van der Waals surface area contributed by atoms with Crippen molar-refractivity contribution in [3.8, 4) is 0 Å². The van der Waals surface area contributed by atoms with Gasteiger partial charge in [0.25, 0.3) is 0 Å². The average molecular weight is 347 g/mol. The molecule has 3 heteroatoms. The van der Waals surface area contributed by atoms with E-state index in [4.69, 9.17) is 12.6 Å². The normalized spacial score (nSPS) is 50.6. The van der Waals surface area contributed by atoms with Gasteiger partial charge in [-0.2, -0.15) is 12.6 Å². The van der Waals surface area contributed by atoms with Crippen LogP contribution in [0.4, 0.5) is 0 Å². The fraction of sp³-hybridized carbons (Fsp3) is 0.810. The van der Waals surface area contributed by atoms with Gasteiger partial charge in [0.1, 0.15) is 5.78 Å². The molecule has 4 rings (SSSR count). The van der Waals surface area contributed by atoms with Crippen LogP contribution in [0.15, 0.2) is 11.6 Å². The molecule has 0 aromatic heterocycles. The van der Waals surface area contributed by atoms with E-state index >= 15 is 0 Å². The molecule has 0 aliphatic heterocycles. The van der Waals surface area contributed by atoms with Crippen LogP contribution in [0.3, 0.4) is 0 Å². The molecule has 0 N–H and O–H groups in total. The lowest BCUT2D eigenvalue weighted by molar-refractivity contribution is -0.128. The summed E-state index contributed by atoms with van der Waals surface area (Å²) in [5, 5.41) is 0.343. The number of rotatable bonds is 1. The van der Waals surface area contributed by atoms with Crippen molar-refractivity contribution >= 4 is 24.2 Å². The lowest BCUT2D eigenvalue weighted by atomic mass is 9.46. The summed E-state index contributed by atoms with van der Waals surface area (Å²) in [6.07, 6.45) is 9.25. The zero-order valence-electron chi connectivity index (χ0n) is 15.2. The Bertz CT molecular complexity index is 623. The van der Waals surface area contributed by atoms with Crippen molar-refractivity contribution in [2.45, 2.75) is 71.0 Å². The Labute approximate surface area is 151 Å². The largest absolute Gasteiger partial charge is 0.300 e. The highest BCUT2D eigenvalue weighted by atomic mass is 32.1. The summed E-state index contributed by atoms with van der Waals surface area (Å²) in [5.74, 6) is 2.81. The van der Waals surface area contributed by atoms with E-state index in [9.17, 15) is 9.59 Å². The summed E-state index contributed by atoms with van der Waals surface area (Å²) in [6, 6.07) is 0. The van der Waals surface area contributed by atoms with Gasteiger partial charge in [0.15, 0.2) is 5.78 Å². The number of allylic oxidation sites excluding steroid dienone is 1. The zero-order chi connectivity index (χ0) is 17.3. The molecule has 2 nitrogen and oxygen atoms in total. The van der Waals surface area contributed by atoms with Gasteiger partial charge in [0.2, 0.25) is 0 Å². The number of thiol groups is 1. The maximum absolute atomic E-state index is 12.2. The topological polar surface area (TPSA) is 34.1 Å². The number of Topliss-reactive ketones (excluding diaryl/α,β-unsaturated/α-hetero) is 1. The number of carbonyl (C=O) groups excluding carboxylic acids is 2. The Balaban J connectivity index is 1.72. The first-order valence-electron chi connectivity index (χ1n) is 9.70. The number of carbonyl (C=O) groups is 2. The third-order valence-electron chi connectivity index (χ3n) is 8.47. The maximum Gasteiger partial charge on any atom is 0.155 e. The Morgan fingerprint density at radius 2 is 1.92 bits per heavy atom. The number of ketones is 2. The molecule has 0 aromatic rings. The maximum atomic E-state index is 12.2. The minimum absolute atomic E-state index is 0.177. The van der Waals surface area contributed by atoms with Gasteiger partial charge in [-0.1, -0.05) is 19.4 Å². The molecule has 0 heterocycles. The van der Waals surface area contributed by atoms with Crippen LogP contribution >= 0.6 is 12.6 Å². The van der Waals surface area contributed by atoms with E-state index in [2.05, 4.69) is 13.8 Å². The average Bonchev–Trinajstić information content (AvgIpc) is 2.86. The van der Waals surface area contributed by atoms with Gasteiger partial charge in [-0.15, -0.1) is 0 Å². The van der Waals surface area contributed by atoms with Crippen molar-refractivity contribution in [2.24, 2.45) is 34.5 Å². The van der Waals surface area contributed by atoms with Crippen LogP contribution in [0.2, 0.25) is 0 Å². The molecule has 3 fully saturated rings. The van der Waals surface area contributed by atoms with Crippen LogP contribution < -0.4 is 0 Å². The molecule has 4 aliphatic rings. The summed E-state index contributed by atoms with van der Waals surface area (Å²) < 4.78 is 0. The van der Waals surface area contributed by atoms with Crippen LogP contribution in [0.1, 0.15) is 65.7 Å². The van der Waals surface area contributed by atoms with E-state index in [1.807, 2.05) is 6.08 Å². The monoisotopic (exact) mass is 346 g/mol. The Kier molecular flexibility index (Phi) is 3.84. The van der Waals surface area contributed by atoms with E-state index in [1.54, 1.807) is 6.92 Å². The van der Waals surface area contributed by atoms with Crippen LogP contribution in [0.25, 0.3) is 0 Å². The lowest BCUT2D eigenvalue weighted by Crippen LogP contribution is -2.54. The third kappa shape index (κ3) is 2.15. The molecule has 0 bridgehead atoms. The molecule has 0 unspecified atom stereocenters. The molecule has 0 amide bonds. The standard InChI is InChI=1S/C21H30O2S/c1-12(22)15-4-5-16-19-17(7-9-21(15,16)3)20(2)8-6-14(23)10-13(20)11-18(19)24/h10,15-19,24H,4-9,11H2,1-3H3/t15-,16+,17+,18-,19+,20+,21-/m1/s1. The van der Waals surface area contributed by atoms with Crippen molar-refractivity contribution in [1.29, 1.82) is 0 Å². The highest BCUT2D eigenvalue weighted by molar-refractivity contribution is 7.81. The van der Waals surface area contributed by atoms with Gasteiger partial charge in [-0.3, -0.25) is 9.59 Å². The number of hydrogen-bond donors (Lipinski definition) is 1. The fourth-order valence-corrected chi connectivity index (χ4v) is 7.81. The number of fused-ring (bicyclic) bond motifs is 5. The second kappa shape index (κ2) is 5.46. The van der Waals surface area contributed by atoms with Crippen molar-refractivity contribution in [1.82, 2.24) is 0 Å². The minimum Gasteiger partial charge on any atom is -0.300 e. The molecule has 132 valence electrons. The second-order valence-corrected chi connectivity index (χ2v) is 10.1. The molecule has 0 saturated heterocycles. The van der Waals surface area contributed by atoms with Crippen molar-refractivity contribution in [3.05, 3.63) is 11.6 Å². The Morgan fingerprint density at radius 1 is 1.17 bits per heavy atom. The molecule has 0 radical (unpaired) electrons. The fourth-order valence-electron chi connectivity index (χ4n) is 7.19. The molecule has 3 saturated carbocycles. The Hall–Kier alpha value is -0.570. The summed E-state index contributed by atoms with van der Waals surface area (Å²) in [5.41, 5.74) is 1.73. The van der Waals surface area contributed by atoms with Crippen molar-refractivity contribution in [2.75, 3.05) is 0 Å². The van der Waals surface area contributed by atoms with Crippen molar-refractivity contribution in [3.63, 3.8) is 0 Å². The summed E-state index contributed by atoms with van der Waals surface area (Å²) in [4.78, 5) is 24.1. The molecule has 4 aliphatic carbocycles. The highest BCUT2D eigenvalue weighted by Gasteiger charge is 2.61. The van der Waals surface area contributed by atoms with Crippen molar-refractivity contribution < 1.29 is 9.59 Å². The summed E-state index contributed by atoms with van der Waals surface area (Å²) in [7, 11) is 0. The molecule has 7 atom stereocenters. The van der Waals surface area contributed by atoms with Crippen LogP contribution in [0.5, 0.6) is 0 Å². The number of hydrogen-bond acceptors (Lipinski definition) is 3. The van der Waals surface area contributed by atoms with Crippen LogP contribution in [-0.2, 0) is 9.59 Å². The highest BCUT2D eigenvalue weighted by Crippen LogP contribution is 2.67. The van der Waals surface area contributed by atoms with E-state index < -0.39 is 0 Å². The Morgan fingerprint density at radius 3 is 2.62 bits per heavy atom. The van der Waals surface area contributed by atoms with E-state index in [0.717, 1.165) is 19.3 Å². The van der Waals surface area contributed by atoms with Gasteiger partial charge in [-0.05, 0) is 80.1 Å². The smallest absolute Gasteiger partial charge is 0.155 e. The first-order chi connectivity index (χ1) is 11.3. The second-order valence-electron chi connectivity index (χ2n) is 9.40. The molecule has 0 aromatic carbocycles. The zero-order valence-corrected chi connectivity index (χ0v) is 16.1. The molecule has 0 spiro atoms. The first kappa shape index (κ1) is 16.9. The summed E-state index contributed by atoms with van der Waals surface area (Å²) >= 11 is 5.03. The van der Waals surface area contributed by atoms with Gasteiger partial charge in [-0.25, -0.2) is 0 Å². The predicted octanol–water partition coefficient (Wildman–Crippen LogP) is 4.63. The van der Waals surface area contributed by atoms with E-state index in [1.165, 1.54) is 24.8 Å². The van der Waals surface area contributed by atoms with Gasteiger partial charge >= 0.3 is 0 Å². The first-order valence-corrected chi connectivity index (χ1v) is 10.2. The molecule has 24 heavy (non-hydrogen) atoms. The summed E-state index contributed by atoms with van der Waals surface area (Å²) in [6.45, 7) is 6.58. The minimum atomic E-state index is 0.177. The predicted molar refractivity (Wildman–Crippen MR) is 99.0 cm³/mol. The SMILES string of the molecule is CC(=O)[C@H]1CC[C@H]2[C@@H]3[C@H](S)CC4=CC(=O)CC[C@]4(C)[C@H]3CC[C@]12C. The quantitative estimate of drug-likeness (QED) is 0.702. The van der Waals surface area contributed by atoms with Gasteiger partial charge in [0.05, 0.1) is 0 Å². The molecular weight excluding hydrogens is 316 g/mol. The lowest BCUT2D eigenvalue weighted by Gasteiger charge is -2.59. The van der Waals surface area contributed by atoms with Crippen LogP contribution in [0, 0.1) is 34.5 Å². The van der Waals surface area contributed by atoms with Crippen LogP contribution in [-0.4, -0.2) is 16.8 Å². The van der Waals surface area contributed by atoms with E-state index in [0.29, 0.717) is 41.0 Å². The third-order valence-corrected chi connectivity index (χ3v) is 9.00.